The first kappa shape index (κ1) is 12.8. The molecule has 0 unspecified atom stereocenters. The van der Waals surface area contributed by atoms with E-state index in [1.54, 1.807) is 0 Å². The lowest BCUT2D eigenvalue weighted by atomic mass is 10.1. The molecule has 0 saturated carbocycles. The zero-order valence-electron chi connectivity index (χ0n) is 8.42. The van der Waals surface area contributed by atoms with E-state index in [0.717, 1.165) is 0 Å². The topological polar surface area (TPSA) is 37.4 Å². The summed E-state index contributed by atoms with van der Waals surface area (Å²) >= 11 is 0. The molecule has 0 radical (unpaired) electrons. The third-order valence-electron chi connectivity index (χ3n) is 2.55. The van der Waals surface area contributed by atoms with Gasteiger partial charge < -0.3 is 0 Å². The van der Waals surface area contributed by atoms with Crippen LogP contribution < -0.4 is 0 Å². The van der Waals surface area contributed by atoms with Crippen LogP contribution in [0, 0.1) is 0 Å². The van der Waals surface area contributed by atoms with E-state index in [1.165, 1.54) is 0 Å². The van der Waals surface area contributed by atoms with E-state index in [1.807, 2.05) is 6.92 Å². The SMILES string of the molecule is CCC[C@H]1CCCN1S(=O)(=O)C(F)(F)F. The molecule has 1 rings (SSSR count). The molecule has 1 fully saturated rings. The highest BCUT2D eigenvalue weighted by molar-refractivity contribution is 7.90. The molecule has 1 aliphatic heterocycles. The van der Waals surface area contributed by atoms with Gasteiger partial charge in [0, 0.05) is 12.6 Å². The maximum Gasteiger partial charge on any atom is 0.511 e. The van der Waals surface area contributed by atoms with Gasteiger partial charge >= 0.3 is 15.5 Å². The molecule has 3 nitrogen and oxygen atoms in total. The fraction of sp³-hybridized carbons (Fsp3) is 1.00. The van der Waals surface area contributed by atoms with Crippen LogP contribution in [0.4, 0.5) is 13.2 Å². The van der Waals surface area contributed by atoms with E-state index in [0.29, 0.717) is 30.0 Å². The lowest BCUT2D eigenvalue weighted by molar-refractivity contribution is -0.0493. The van der Waals surface area contributed by atoms with Crippen LogP contribution in [0.25, 0.3) is 0 Å². The number of nitrogens with zero attached hydrogens (tertiary/aromatic N) is 1. The summed E-state index contributed by atoms with van der Waals surface area (Å²) < 4.78 is 59.7. The fourth-order valence-corrected chi connectivity index (χ4v) is 3.12. The fourth-order valence-electron chi connectivity index (χ4n) is 1.88. The van der Waals surface area contributed by atoms with Crippen molar-refractivity contribution in [2.75, 3.05) is 6.54 Å². The molecule has 0 aromatic rings. The molecule has 0 aromatic heterocycles. The number of sulfonamides is 1. The lowest BCUT2D eigenvalue weighted by Crippen LogP contribution is -2.43. The Kier molecular flexibility index (Phi) is 3.65. The van der Waals surface area contributed by atoms with Gasteiger partial charge in [-0.3, -0.25) is 0 Å². The quantitative estimate of drug-likeness (QED) is 0.763. The van der Waals surface area contributed by atoms with Crippen LogP contribution in [-0.4, -0.2) is 30.8 Å². The second-order valence-corrected chi connectivity index (χ2v) is 5.53. The lowest BCUT2D eigenvalue weighted by Gasteiger charge is -2.24. The summed E-state index contributed by atoms with van der Waals surface area (Å²) in [4.78, 5) is 0. The highest BCUT2D eigenvalue weighted by Gasteiger charge is 2.52. The number of hydrogen-bond donors (Lipinski definition) is 0. The molecule has 0 amide bonds. The summed E-state index contributed by atoms with van der Waals surface area (Å²) in [7, 11) is -5.11. The summed E-state index contributed by atoms with van der Waals surface area (Å²) in [5.41, 5.74) is -5.16. The Morgan fingerprint density at radius 2 is 2.00 bits per heavy atom. The molecular weight excluding hydrogens is 231 g/mol. The summed E-state index contributed by atoms with van der Waals surface area (Å²) in [5, 5.41) is 0. The molecule has 0 bridgehead atoms. The van der Waals surface area contributed by atoms with Crippen molar-refractivity contribution >= 4 is 10.0 Å². The van der Waals surface area contributed by atoms with E-state index >= 15 is 0 Å². The first-order chi connectivity index (χ1) is 6.80. The zero-order valence-corrected chi connectivity index (χ0v) is 9.24. The van der Waals surface area contributed by atoms with Crippen molar-refractivity contribution in [1.29, 1.82) is 0 Å². The molecule has 90 valence electrons. The van der Waals surface area contributed by atoms with Gasteiger partial charge in [0.25, 0.3) is 0 Å². The number of halogens is 3. The van der Waals surface area contributed by atoms with Crippen molar-refractivity contribution in [2.45, 2.75) is 44.2 Å². The summed E-state index contributed by atoms with van der Waals surface area (Å²) in [6, 6.07) is -0.471. The zero-order chi connectivity index (χ0) is 11.7. The van der Waals surface area contributed by atoms with Crippen LogP contribution >= 0.6 is 0 Å². The van der Waals surface area contributed by atoms with E-state index in [-0.39, 0.29) is 6.54 Å². The predicted molar refractivity (Wildman–Crippen MR) is 49.6 cm³/mol. The number of rotatable bonds is 3. The maximum absolute atomic E-state index is 12.3. The van der Waals surface area contributed by atoms with Crippen molar-refractivity contribution in [1.82, 2.24) is 4.31 Å². The van der Waals surface area contributed by atoms with E-state index in [9.17, 15) is 21.6 Å². The molecule has 0 aromatic carbocycles. The third-order valence-corrected chi connectivity index (χ3v) is 4.23. The van der Waals surface area contributed by atoms with Crippen LogP contribution in [0.2, 0.25) is 0 Å². The Morgan fingerprint density at radius 1 is 1.40 bits per heavy atom. The Morgan fingerprint density at radius 3 is 2.47 bits per heavy atom. The summed E-state index contributed by atoms with van der Waals surface area (Å²) in [6.07, 6.45) is 2.23. The molecule has 0 spiro atoms. The first-order valence-corrected chi connectivity index (χ1v) is 6.33. The Balaban J connectivity index is 2.88. The smallest absolute Gasteiger partial charge is 0.203 e. The molecule has 15 heavy (non-hydrogen) atoms. The Hall–Kier alpha value is -0.300. The molecule has 1 aliphatic rings. The van der Waals surface area contributed by atoms with E-state index in [2.05, 4.69) is 0 Å². The van der Waals surface area contributed by atoms with Crippen LogP contribution in [0.3, 0.4) is 0 Å². The third kappa shape index (κ3) is 2.44. The van der Waals surface area contributed by atoms with Crippen LogP contribution in [0.1, 0.15) is 32.6 Å². The van der Waals surface area contributed by atoms with Crippen LogP contribution in [0.15, 0.2) is 0 Å². The highest BCUT2D eigenvalue weighted by Crippen LogP contribution is 2.33. The van der Waals surface area contributed by atoms with Gasteiger partial charge in [0.05, 0.1) is 0 Å². The van der Waals surface area contributed by atoms with Gasteiger partial charge in [-0.15, -0.1) is 0 Å². The molecule has 1 atom stereocenters. The molecule has 0 N–H and O–H groups in total. The standard InChI is InChI=1S/C8H14F3NO2S/c1-2-4-7-5-3-6-12(7)15(13,14)8(9,10)11/h7H,2-6H2,1H3/t7-/m0/s1. The minimum Gasteiger partial charge on any atom is -0.203 e. The minimum atomic E-state index is -5.16. The Bertz CT molecular complexity index is 312. The van der Waals surface area contributed by atoms with Gasteiger partial charge in [-0.05, 0) is 19.3 Å². The van der Waals surface area contributed by atoms with Crippen molar-refractivity contribution in [3.8, 4) is 0 Å². The molecule has 1 saturated heterocycles. The largest absolute Gasteiger partial charge is 0.511 e. The maximum atomic E-state index is 12.3. The van der Waals surface area contributed by atoms with Crippen molar-refractivity contribution in [3.63, 3.8) is 0 Å². The minimum absolute atomic E-state index is 0.00743. The average molecular weight is 245 g/mol. The predicted octanol–water partition coefficient (Wildman–Crippen LogP) is 2.10. The number of hydrogen-bond acceptors (Lipinski definition) is 2. The summed E-state index contributed by atoms with van der Waals surface area (Å²) in [6.45, 7) is 1.82. The van der Waals surface area contributed by atoms with Gasteiger partial charge in [-0.1, -0.05) is 13.3 Å². The second kappa shape index (κ2) is 4.29. The molecule has 7 heteroatoms. The van der Waals surface area contributed by atoms with Gasteiger partial charge in [-0.2, -0.15) is 17.5 Å². The van der Waals surface area contributed by atoms with Gasteiger partial charge in [0.15, 0.2) is 0 Å². The van der Waals surface area contributed by atoms with Crippen molar-refractivity contribution in [2.24, 2.45) is 0 Å². The monoisotopic (exact) mass is 245 g/mol. The van der Waals surface area contributed by atoms with E-state index < -0.39 is 21.6 Å². The molecular formula is C8H14F3NO2S. The van der Waals surface area contributed by atoms with Gasteiger partial charge in [0.2, 0.25) is 0 Å². The number of alkyl halides is 3. The first-order valence-electron chi connectivity index (χ1n) is 4.89. The summed E-state index contributed by atoms with van der Waals surface area (Å²) in [5.74, 6) is 0. The molecule has 1 heterocycles. The van der Waals surface area contributed by atoms with Gasteiger partial charge in [-0.25, -0.2) is 8.42 Å². The average Bonchev–Trinajstić information content (AvgIpc) is 2.51. The van der Waals surface area contributed by atoms with E-state index in [4.69, 9.17) is 0 Å². The Labute approximate surface area is 87.3 Å². The van der Waals surface area contributed by atoms with Crippen LogP contribution in [-0.2, 0) is 10.0 Å². The van der Waals surface area contributed by atoms with Crippen molar-refractivity contribution in [3.05, 3.63) is 0 Å². The normalized spacial score (nSPS) is 24.7. The second-order valence-electron chi connectivity index (χ2n) is 3.65. The van der Waals surface area contributed by atoms with Crippen molar-refractivity contribution < 1.29 is 21.6 Å². The van der Waals surface area contributed by atoms with Gasteiger partial charge in [0.1, 0.15) is 0 Å². The highest BCUT2D eigenvalue weighted by atomic mass is 32.2. The van der Waals surface area contributed by atoms with Crippen LogP contribution in [0.5, 0.6) is 0 Å². The molecule has 0 aliphatic carbocycles.